The lowest BCUT2D eigenvalue weighted by Crippen LogP contribution is -2.06. The fourth-order valence-electron chi connectivity index (χ4n) is 2.26. The summed E-state index contributed by atoms with van der Waals surface area (Å²) in [4.78, 5) is 19.6. The number of nitrogens with zero attached hydrogens (tertiary/aromatic N) is 2. The second kappa shape index (κ2) is 7.79. The zero-order valence-electron chi connectivity index (χ0n) is 14.3. The van der Waals surface area contributed by atoms with Gasteiger partial charge in [0.2, 0.25) is 5.91 Å². The zero-order valence-corrected chi connectivity index (χ0v) is 15.1. The first kappa shape index (κ1) is 17.6. The van der Waals surface area contributed by atoms with Gasteiger partial charge in [-0.2, -0.15) is 0 Å². The Morgan fingerprint density at radius 1 is 1.27 bits per heavy atom. The van der Waals surface area contributed by atoms with Gasteiger partial charge in [0.05, 0.1) is 17.3 Å². The number of carbonyl (C=O) groups is 1. The summed E-state index contributed by atoms with van der Waals surface area (Å²) in [6.45, 7) is 1.44. The predicted octanol–water partition coefficient (Wildman–Crippen LogP) is 4.09. The molecule has 0 fully saturated rings. The van der Waals surface area contributed by atoms with Crippen LogP contribution in [0, 0.1) is 0 Å². The summed E-state index contributed by atoms with van der Waals surface area (Å²) in [5.74, 6) is 0.895. The highest BCUT2D eigenvalue weighted by Gasteiger charge is 2.07. The number of benzene rings is 1. The van der Waals surface area contributed by atoms with Gasteiger partial charge in [-0.25, -0.2) is 9.97 Å². The molecule has 0 bridgehead atoms. The Labute approximate surface area is 154 Å². The quantitative estimate of drug-likeness (QED) is 0.664. The molecule has 0 aliphatic carbocycles. The highest BCUT2D eigenvalue weighted by atomic mass is 32.1. The van der Waals surface area contributed by atoms with E-state index in [4.69, 9.17) is 4.74 Å². The number of amides is 1. The molecule has 3 rings (SSSR count). The number of ether oxygens (including phenoxy) is 1. The molecule has 0 atom stereocenters. The number of anilines is 1. The van der Waals surface area contributed by atoms with Crippen molar-refractivity contribution in [2.24, 2.45) is 0 Å². The van der Waals surface area contributed by atoms with Gasteiger partial charge in [0.15, 0.2) is 11.5 Å². The second-order valence-corrected chi connectivity index (χ2v) is 6.48. The van der Waals surface area contributed by atoms with Gasteiger partial charge in [-0.3, -0.25) is 4.79 Å². The Balaban J connectivity index is 1.69. The van der Waals surface area contributed by atoms with E-state index >= 15 is 0 Å². The Hall–Kier alpha value is -3.19. The van der Waals surface area contributed by atoms with Gasteiger partial charge in [-0.05, 0) is 23.8 Å². The number of allylic oxidation sites excluding steroid dienone is 2. The number of rotatable bonds is 5. The van der Waals surface area contributed by atoms with Crippen LogP contribution in [0.4, 0.5) is 5.82 Å². The fraction of sp³-hybridized carbons (Fsp3) is 0.105. The van der Waals surface area contributed by atoms with Crippen LogP contribution in [0.1, 0.15) is 17.5 Å². The third-order valence-electron chi connectivity index (χ3n) is 3.43. The van der Waals surface area contributed by atoms with Crippen molar-refractivity contribution in [3.63, 3.8) is 0 Å². The number of fused-ring (bicyclic) bond motifs is 1. The molecule has 0 saturated heterocycles. The van der Waals surface area contributed by atoms with Gasteiger partial charge in [-0.1, -0.05) is 18.2 Å². The standard InChI is InChI=1S/C19H17N3O3S/c1-12(23)21-18-8-7-13(11-20-18)5-3-4-6-19-22-14-9-15(24)16(25-2)10-17(14)26-19/h3-11,24H,1-2H3,(H,20,21,23)/b5-3+,6-4+. The van der Waals surface area contributed by atoms with Gasteiger partial charge >= 0.3 is 0 Å². The third-order valence-corrected chi connectivity index (χ3v) is 4.42. The molecule has 0 aliphatic heterocycles. The number of nitrogens with one attached hydrogen (secondary N) is 1. The molecule has 0 aliphatic rings. The highest BCUT2D eigenvalue weighted by molar-refractivity contribution is 7.19. The van der Waals surface area contributed by atoms with Crippen molar-refractivity contribution in [2.75, 3.05) is 12.4 Å². The van der Waals surface area contributed by atoms with Crippen LogP contribution in [-0.2, 0) is 4.79 Å². The molecule has 132 valence electrons. The summed E-state index contributed by atoms with van der Waals surface area (Å²) in [5.41, 5.74) is 1.65. The minimum Gasteiger partial charge on any atom is -0.504 e. The van der Waals surface area contributed by atoms with Crippen molar-refractivity contribution in [2.45, 2.75) is 6.92 Å². The van der Waals surface area contributed by atoms with Crippen LogP contribution in [0.5, 0.6) is 11.5 Å². The van der Waals surface area contributed by atoms with Gasteiger partial charge in [0.1, 0.15) is 10.8 Å². The number of pyridine rings is 1. The first-order valence-electron chi connectivity index (χ1n) is 7.81. The molecule has 6 nitrogen and oxygen atoms in total. The molecule has 0 saturated carbocycles. The Morgan fingerprint density at radius 3 is 2.77 bits per heavy atom. The number of phenols is 1. The van der Waals surface area contributed by atoms with Crippen LogP contribution >= 0.6 is 11.3 Å². The molecule has 0 radical (unpaired) electrons. The van der Waals surface area contributed by atoms with Crippen LogP contribution in [0.3, 0.4) is 0 Å². The van der Waals surface area contributed by atoms with E-state index in [1.807, 2.05) is 30.4 Å². The average molecular weight is 367 g/mol. The lowest BCUT2D eigenvalue weighted by Gasteiger charge is -2.01. The van der Waals surface area contributed by atoms with E-state index in [9.17, 15) is 9.90 Å². The molecule has 2 aromatic heterocycles. The Morgan fingerprint density at radius 2 is 2.08 bits per heavy atom. The summed E-state index contributed by atoms with van der Waals surface area (Å²) in [5, 5.41) is 13.3. The summed E-state index contributed by atoms with van der Waals surface area (Å²) >= 11 is 1.51. The molecule has 0 spiro atoms. The lowest BCUT2D eigenvalue weighted by molar-refractivity contribution is -0.114. The van der Waals surface area contributed by atoms with Crippen LogP contribution in [0.15, 0.2) is 42.6 Å². The molecule has 3 aromatic rings. The molecule has 2 heterocycles. The topological polar surface area (TPSA) is 84.3 Å². The van der Waals surface area contributed by atoms with Gasteiger partial charge in [0.25, 0.3) is 0 Å². The number of carbonyl (C=O) groups excluding carboxylic acids is 1. The van der Waals surface area contributed by atoms with Crippen LogP contribution in [0.2, 0.25) is 0 Å². The van der Waals surface area contributed by atoms with Crippen molar-refractivity contribution in [1.82, 2.24) is 9.97 Å². The van der Waals surface area contributed by atoms with Crippen molar-refractivity contribution in [3.8, 4) is 11.5 Å². The maximum absolute atomic E-state index is 11.0. The van der Waals surface area contributed by atoms with Crippen molar-refractivity contribution in [1.29, 1.82) is 0 Å². The van der Waals surface area contributed by atoms with Crippen molar-refractivity contribution in [3.05, 3.63) is 53.2 Å². The highest BCUT2D eigenvalue weighted by Crippen LogP contribution is 2.34. The van der Waals surface area contributed by atoms with E-state index in [0.29, 0.717) is 11.6 Å². The summed E-state index contributed by atoms with van der Waals surface area (Å²) < 4.78 is 6.06. The monoisotopic (exact) mass is 367 g/mol. The Kier molecular flexibility index (Phi) is 5.28. The van der Waals surface area contributed by atoms with Gasteiger partial charge < -0.3 is 15.2 Å². The van der Waals surface area contributed by atoms with Crippen molar-refractivity contribution < 1.29 is 14.6 Å². The number of methoxy groups -OCH3 is 1. The fourth-order valence-corrected chi connectivity index (χ4v) is 3.15. The molecule has 1 aromatic carbocycles. The minimum atomic E-state index is -0.148. The van der Waals surface area contributed by atoms with E-state index in [0.717, 1.165) is 20.8 Å². The molecule has 1 amide bonds. The summed E-state index contributed by atoms with van der Waals surface area (Å²) in [6.07, 6.45) is 9.26. The van der Waals surface area contributed by atoms with E-state index in [2.05, 4.69) is 15.3 Å². The van der Waals surface area contributed by atoms with Crippen LogP contribution in [0.25, 0.3) is 22.4 Å². The summed E-state index contributed by atoms with van der Waals surface area (Å²) in [6, 6.07) is 6.99. The molecule has 0 unspecified atom stereocenters. The number of aromatic nitrogens is 2. The number of hydrogen-bond donors (Lipinski definition) is 2. The lowest BCUT2D eigenvalue weighted by atomic mass is 10.2. The number of phenolic OH excluding ortho intramolecular Hbond substituents is 1. The third kappa shape index (κ3) is 4.25. The van der Waals surface area contributed by atoms with E-state index in [-0.39, 0.29) is 11.7 Å². The molecule has 7 heteroatoms. The smallest absolute Gasteiger partial charge is 0.222 e. The number of hydrogen-bond acceptors (Lipinski definition) is 6. The van der Waals surface area contributed by atoms with Crippen LogP contribution < -0.4 is 10.1 Å². The molecular weight excluding hydrogens is 350 g/mol. The largest absolute Gasteiger partial charge is 0.504 e. The predicted molar refractivity (Wildman–Crippen MR) is 104 cm³/mol. The first-order valence-corrected chi connectivity index (χ1v) is 8.63. The second-order valence-electron chi connectivity index (χ2n) is 5.42. The van der Waals surface area contributed by atoms with Gasteiger partial charge in [0, 0.05) is 25.3 Å². The maximum atomic E-state index is 11.0. The molecule has 2 N–H and O–H groups in total. The first-order chi connectivity index (χ1) is 12.5. The van der Waals surface area contributed by atoms with E-state index in [1.165, 1.54) is 25.4 Å². The van der Waals surface area contributed by atoms with Crippen LogP contribution in [-0.4, -0.2) is 28.1 Å². The zero-order chi connectivity index (χ0) is 18.5. The van der Waals surface area contributed by atoms with E-state index < -0.39 is 0 Å². The Bertz CT molecular complexity index is 991. The average Bonchev–Trinajstić information content (AvgIpc) is 3.00. The van der Waals surface area contributed by atoms with Gasteiger partial charge in [-0.15, -0.1) is 11.3 Å². The number of thiazole rings is 1. The normalized spacial score (nSPS) is 11.5. The van der Waals surface area contributed by atoms with E-state index in [1.54, 1.807) is 24.4 Å². The molecular formula is C19H17N3O3S. The van der Waals surface area contributed by atoms with Crippen molar-refractivity contribution >= 4 is 45.4 Å². The maximum Gasteiger partial charge on any atom is 0.222 e. The SMILES string of the molecule is COc1cc2sc(/C=C/C=C/c3ccc(NC(C)=O)nc3)nc2cc1O. The summed E-state index contributed by atoms with van der Waals surface area (Å²) in [7, 11) is 1.52. The number of aromatic hydroxyl groups is 1. The minimum absolute atomic E-state index is 0.0796. The molecule has 26 heavy (non-hydrogen) atoms.